The van der Waals surface area contributed by atoms with Gasteiger partial charge in [0.2, 0.25) is 0 Å². The van der Waals surface area contributed by atoms with E-state index in [2.05, 4.69) is 6.58 Å². The second-order valence-electron chi connectivity index (χ2n) is 3.45. The molecule has 0 aromatic rings. The van der Waals surface area contributed by atoms with Gasteiger partial charge in [0.05, 0.1) is 0 Å². The molecular formula is C10H16O3. The third-order valence-electron chi connectivity index (χ3n) is 1.86. The van der Waals surface area contributed by atoms with Crippen LogP contribution in [0.5, 0.6) is 0 Å². The van der Waals surface area contributed by atoms with E-state index in [9.17, 15) is 9.59 Å². The average molecular weight is 184 g/mol. The van der Waals surface area contributed by atoms with E-state index in [1.165, 1.54) is 0 Å². The number of hydrogen-bond donors (Lipinski definition) is 1. The first-order chi connectivity index (χ1) is 5.93. The zero-order valence-electron chi connectivity index (χ0n) is 8.17. The van der Waals surface area contributed by atoms with Crippen LogP contribution in [0.3, 0.4) is 0 Å². The summed E-state index contributed by atoms with van der Waals surface area (Å²) in [5.41, 5.74) is 0.544. The van der Waals surface area contributed by atoms with E-state index in [-0.39, 0.29) is 18.1 Å². The Labute approximate surface area is 78.5 Å². The molecule has 0 aliphatic carbocycles. The fraction of sp³-hybridized carbons (Fsp3) is 0.600. The van der Waals surface area contributed by atoms with E-state index in [1.54, 1.807) is 6.92 Å². The van der Waals surface area contributed by atoms with Crippen LogP contribution in [0.4, 0.5) is 0 Å². The molecule has 3 heteroatoms. The minimum Gasteiger partial charge on any atom is -0.481 e. The van der Waals surface area contributed by atoms with Crippen molar-refractivity contribution in [3.63, 3.8) is 0 Å². The van der Waals surface area contributed by atoms with Crippen LogP contribution in [0.2, 0.25) is 0 Å². The summed E-state index contributed by atoms with van der Waals surface area (Å²) in [6.45, 7) is 7.03. The summed E-state index contributed by atoms with van der Waals surface area (Å²) < 4.78 is 0. The number of allylic oxidation sites excluding steroid dienone is 1. The topological polar surface area (TPSA) is 54.4 Å². The van der Waals surface area contributed by atoms with Crippen molar-refractivity contribution in [1.82, 2.24) is 0 Å². The summed E-state index contributed by atoms with van der Waals surface area (Å²) in [4.78, 5) is 21.4. The van der Waals surface area contributed by atoms with Crippen LogP contribution >= 0.6 is 0 Å². The van der Waals surface area contributed by atoms with Gasteiger partial charge in [0, 0.05) is 12.8 Å². The van der Waals surface area contributed by atoms with Gasteiger partial charge in [0.25, 0.3) is 0 Å². The minimum absolute atomic E-state index is 0.0252. The Kier molecular flexibility index (Phi) is 5.04. The summed E-state index contributed by atoms with van der Waals surface area (Å²) >= 11 is 0. The number of ketones is 1. The van der Waals surface area contributed by atoms with Crippen molar-refractivity contribution in [3.8, 4) is 0 Å². The maximum atomic E-state index is 11.1. The number of carboxylic acid groups (broad SMARTS) is 1. The van der Waals surface area contributed by atoms with Gasteiger partial charge in [-0.1, -0.05) is 13.5 Å². The number of aliphatic carboxylic acids is 1. The van der Waals surface area contributed by atoms with Crippen molar-refractivity contribution >= 4 is 11.8 Å². The van der Waals surface area contributed by atoms with Gasteiger partial charge in [0.15, 0.2) is 5.78 Å². The highest BCUT2D eigenvalue weighted by Gasteiger charge is 2.10. The van der Waals surface area contributed by atoms with E-state index in [0.29, 0.717) is 18.4 Å². The molecule has 0 fully saturated rings. The molecule has 0 radical (unpaired) electrons. The number of Topliss-reactive ketones (excluding diaryl/α,β-unsaturated/α-hetero) is 1. The molecule has 1 N–H and O–H groups in total. The van der Waals surface area contributed by atoms with Gasteiger partial charge >= 0.3 is 5.97 Å². The van der Waals surface area contributed by atoms with Crippen molar-refractivity contribution in [2.75, 3.05) is 0 Å². The highest BCUT2D eigenvalue weighted by Crippen LogP contribution is 2.11. The van der Waals surface area contributed by atoms with Crippen LogP contribution in [-0.4, -0.2) is 16.9 Å². The lowest BCUT2D eigenvalue weighted by molar-refractivity contribution is -0.138. The van der Waals surface area contributed by atoms with Gasteiger partial charge in [-0.3, -0.25) is 9.59 Å². The maximum absolute atomic E-state index is 11.1. The summed E-state index contributed by atoms with van der Waals surface area (Å²) in [6, 6.07) is 0. The van der Waals surface area contributed by atoms with Gasteiger partial charge in [0.1, 0.15) is 0 Å². The average Bonchev–Trinajstić information content (AvgIpc) is 1.98. The van der Waals surface area contributed by atoms with Crippen molar-refractivity contribution in [2.45, 2.75) is 33.1 Å². The van der Waals surface area contributed by atoms with Crippen LogP contribution in [0.1, 0.15) is 33.1 Å². The Morgan fingerprint density at radius 3 is 2.38 bits per heavy atom. The summed E-state index contributed by atoms with van der Waals surface area (Å²) in [5.74, 6) is -0.728. The quantitative estimate of drug-likeness (QED) is 0.642. The molecule has 0 bridgehead atoms. The third kappa shape index (κ3) is 6.08. The Morgan fingerprint density at radius 2 is 2.00 bits per heavy atom. The molecular weight excluding hydrogens is 168 g/mol. The van der Waals surface area contributed by atoms with Crippen LogP contribution < -0.4 is 0 Å². The van der Waals surface area contributed by atoms with Crippen LogP contribution in [0.25, 0.3) is 0 Å². The Balaban J connectivity index is 3.70. The summed E-state index contributed by atoms with van der Waals surface area (Å²) in [6.07, 6.45) is 1.16. The van der Waals surface area contributed by atoms with E-state index in [1.807, 2.05) is 6.92 Å². The highest BCUT2D eigenvalue weighted by atomic mass is 16.4. The minimum atomic E-state index is -0.810. The largest absolute Gasteiger partial charge is 0.481 e. The number of carbonyl (C=O) groups is 2. The van der Waals surface area contributed by atoms with Crippen molar-refractivity contribution in [2.24, 2.45) is 5.92 Å². The van der Waals surface area contributed by atoms with Gasteiger partial charge in [-0.25, -0.2) is 0 Å². The number of hydrogen-bond acceptors (Lipinski definition) is 2. The first-order valence-corrected chi connectivity index (χ1v) is 4.34. The molecule has 0 heterocycles. The monoisotopic (exact) mass is 184 g/mol. The van der Waals surface area contributed by atoms with Crippen LogP contribution in [0.15, 0.2) is 12.2 Å². The molecule has 74 valence electrons. The second kappa shape index (κ2) is 5.51. The molecule has 0 aromatic heterocycles. The lowest BCUT2D eigenvalue weighted by Gasteiger charge is -2.06. The number of carbonyl (C=O) groups excluding carboxylic acids is 1. The first-order valence-electron chi connectivity index (χ1n) is 4.34. The Morgan fingerprint density at radius 1 is 1.46 bits per heavy atom. The predicted molar refractivity (Wildman–Crippen MR) is 50.5 cm³/mol. The van der Waals surface area contributed by atoms with E-state index >= 15 is 0 Å². The lowest BCUT2D eigenvalue weighted by atomic mass is 9.98. The Hall–Kier alpha value is -1.12. The zero-order valence-corrected chi connectivity index (χ0v) is 8.17. The molecule has 0 spiro atoms. The standard InChI is InChI=1S/C10H16O3/c1-7(2)9(11)5-4-8(3)6-10(12)13/h8H,1,4-6H2,2-3H3,(H,12,13). The SMILES string of the molecule is C=C(C)C(=O)CCC(C)CC(=O)O. The van der Waals surface area contributed by atoms with Gasteiger partial charge in [-0.05, 0) is 24.8 Å². The maximum Gasteiger partial charge on any atom is 0.303 e. The molecule has 1 unspecified atom stereocenters. The summed E-state index contributed by atoms with van der Waals surface area (Å²) in [5, 5.41) is 8.46. The van der Waals surface area contributed by atoms with Gasteiger partial charge in [-0.2, -0.15) is 0 Å². The molecule has 0 aromatic carbocycles. The molecule has 0 rings (SSSR count). The Bertz CT molecular complexity index is 218. The molecule has 0 saturated heterocycles. The molecule has 3 nitrogen and oxygen atoms in total. The molecule has 0 aliphatic heterocycles. The molecule has 0 aliphatic rings. The normalized spacial score (nSPS) is 12.2. The van der Waals surface area contributed by atoms with Crippen molar-refractivity contribution in [3.05, 3.63) is 12.2 Å². The van der Waals surface area contributed by atoms with E-state index in [0.717, 1.165) is 0 Å². The van der Waals surface area contributed by atoms with Crippen molar-refractivity contribution < 1.29 is 14.7 Å². The fourth-order valence-electron chi connectivity index (χ4n) is 0.991. The second-order valence-corrected chi connectivity index (χ2v) is 3.45. The van der Waals surface area contributed by atoms with E-state index < -0.39 is 5.97 Å². The molecule has 0 amide bonds. The zero-order chi connectivity index (χ0) is 10.4. The van der Waals surface area contributed by atoms with Crippen LogP contribution in [-0.2, 0) is 9.59 Å². The van der Waals surface area contributed by atoms with Gasteiger partial charge < -0.3 is 5.11 Å². The highest BCUT2D eigenvalue weighted by molar-refractivity contribution is 5.94. The predicted octanol–water partition coefficient (Wildman–Crippen LogP) is 2.02. The summed E-state index contributed by atoms with van der Waals surface area (Å²) in [7, 11) is 0. The van der Waals surface area contributed by atoms with Gasteiger partial charge in [-0.15, -0.1) is 0 Å². The fourth-order valence-corrected chi connectivity index (χ4v) is 0.991. The molecule has 13 heavy (non-hydrogen) atoms. The smallest absolute Gasteiger partial charge is 0.303 e. The lowest BCUT2D eigenvalue weighted by Crippen LogP contribution is -2.07. The molecule has 1 atom stereocenters. The number of carboxylic acids is 1. The van der Waals surface area contributed by atoms with E-state index in [4.69, 9.17) is 5.11 Å². The third-order valence-corrected chi connectivity index (χ3v) is 1.86. The molecule has 0 saturated carbocycles. The first kappa shape index (κ1) is 11.9. The van der Waals surface area contributed by atoms with Crippen LogP contribution in [0, 0.1) is 5.92 Å². The van der Waals surface area contributed by atoms with Crippen molar-refractivity contribution in [1.29, 1.82) is 0 Å². The number of rotatable bonds is 6.